The molecule has 154 valence electrons. The van der Waals surface area contributed by atoms with Crippen LogP contribution >= 0.6 is 23.2 Å². The summed E-state index contributed by atoms with van der Waals surface area (Å²) >= 11 is 12.7. The number of hydrogen-bond acceptors (Lipinski definition) is 3. The molecule has 4 nitrogen and oxygen atoms in total. The fourth-order valence-corrected chi connectivity index (χ4v) is 3.75. The SMILES string of the molecule is Cc1ccc2nc(/C(C#N)=C\c3cc(Cl)c(OCc4ccccc4F)c(Cl)c3)[nH]c2c1. The number of halogens is 3. The van der Waals surface area contributed by atoms with Crippen LogP contribution in [0.5, 0.6) is 5.75 Å². The molecule has 4 aromatic rings. The van der Waals surface area contributed by atoms with E-state index in [1.165, 1.54) is 6.07 Å². The average Bonchev–Trinajstić information content (AvgIpc) is 3.15. The molecule has 7 heteroatoms. The number of nitriles is 1. The van der Waals surface area contributed by atoms with Gasteiger partial charge in [0, 0.05) is 5.56 Å². The molecule has 0 atom stereocenters. The smallest absolute Gasteiger partial charge is 0.157 e. The van der Waals surface area contributed by atoms with Gasteiger partial charge in [0.2, 0.25) is 0 Å². The van der Waals surface area contributed by atoms with E-state index >= 15 is 0 Å². The van der Waals surface area contributed by atoms with Gasteiger partial charge >= 0.3 is 0 Å². The van der Waals surface area contributed by atoms with Crippen molar-refractivity contribution in [2.75, 3.05) is 0 Å². The molecule has 0 bridgehead atoms. The number of hydrogen-bond donors (Lipinski definition) is 1. The number of aryl methyl sites for hydroxylation is 1. The van der Waals surface area contributed by atoms with E-state index in [4.69, 9.17) is 27.9 Å². The number of benzene rings is 3. The monoisotopic (exact) mass is 451 g/mol. The number of nitrogens with one attached hydrogen (secondary N) is 1. The van der Waals surface area contributed by atoms with Crippen LogP contribution in [0.3, 0.4) is 0 Å². The molecule has 0 aliphatic heterocycles. The number of fused-ring (bicyclic) bond motifs is 1. The van der Waals surface area contributed by atoms with E-state index in [9.17, 15) is 9.65 Å². The quantitative estimate of drug-likeness (QED) is 0.333. The van der Waals surface area contributed by atoms with Crippen LogP contribution in [0.15, 0.2) is 54.6 Å². The van der Waals surface area contributed by atoms with Gasteiger partial charge in [-0.2, -0.15) is 5.26 Å². The lowest BCUT2D eigenvalue weighted by Gasteiger charge is -2.11. The van der Waals surface area contributed by atoms with E-state index < -0.39 is 0 Å². The van der Waals surface area contributed by atoms with Gasteiger partial charge in [-0.05, 0) is 54.5 Å². The van der Waals surface area contributed by atoms with Crippen LogP contribution in [0.4, 0.5) is 4.39 Å². The maximum Gasteiger partial charge on any atom is 0.157 e. The second-order valence-electron chi connectivity index (χ2n) is 6.97. The molecule has 0 saturated carbocycles. The van der Waals surface area contributed by atoms with E-state index in [2.05, 4.69) is 16.0 Å². The second kappa shape index (κ2) is 8.81. The Morgan fingerprint density at radius 3 is 2.61 bits per heavy atom. The summed E-state index contributed by atoms with van der Waals surface area (Å²) in [5.41, 5.74) is 4.06. The third-order valence-electron chi connectivity index (χ3n) is 4.67. The van der Waals surface area contributed by atoms with E-state index in [0.717, 1.165) is 16.6 Å². The van der Waals surface area contributed by atoms with Crippen LogP contribution in [0.25, 0.3) is 22.7 Å². The molecule has 4 rings (SSSR count). The average molecular weight is 452 g/mol. The minimum atomic E-state index is -0.367. The molecule has 0 fully saturated rings. The molecule has 1 N–H and O–H groups in total. The van der Waals surface area contributed by atoms with Gasteiger partial charge in [-0.3, -0.25) is 0 Å². The summed E-state index contributed by atoms with van der Waals surface area (Å²) in [6.07, 6.45) is 1.64. The van der Waals surface area contributed by atoms with Crippen molar-refractivity contribution in [3.63, 3.8) is 0 Å². The van der Waals surface area contributed by atoms with Crippen molar-refractivity contribution in [1.82, 2.24) is 9.97 Å². The van der Waals surface area contributed by atoms with Gasteiger partial charge in [-0.1, -0.05) is 47.5 Å². The Hall–Kier alpha value is -3.33. The summed E-state index contributed by atoms with van der Waals surface area (Å²) in [4.78, 5) is 7.65. The lowest BCUT2D eigenvalue weighted by atomic mass is 10.1. The highest BCUT2D eigenvalue weighted by molar-refractivity contribution is 6.37. The molecule has 0 spiro atoms. The number of H-pyrrole nitrogens is 1. The maximum atomic E-state index is 13.8. The van der Waals surface area contributed by atoms with Gasteiger partial charge in [-0.15, -0.1) is 0 Å². The van der Waals surface area contributed by atoms with Crippen molar-refractivity contribution in [2.24, 2.45) is 0 Å². The number of aromatic amines is 1. The van der Waals surface area contributed by atoms with E-state index in [0.29, 0.717) is 22.5 Å². The fourth-order valence-electron chi connectivity index (χ4n) is 3.14. The molecule has 0 aliphatic rings. The summed E-state index contributed by atoms with van der Waals surface area (Å²) in [6.45, 7) is 1.98. The highest BCUT2D eigenvalue weighted by Crippen LogP contribution is 2.36. The van der Waals surface area contributed by atoms with Crippen molar-refractivity contribution in [1.29, 1.82) is 5.26 Å². The minimum absolute atomic E-state index is 0.0108. The number of nitrogens with zero attached hydrogens (tertiary/aromatic N) is 2. The Bertz CT molecular complexity index is 1330. The van der Waals surface area contributed by atoms with Crippen molar-refractivity contribution in [3.05, 3.63) is 93.0 Å². The molecule has 0 unspecified atom stereocenters. The van der Waals surface area contributed by atoms with E-state index in [1.54, 1.807) is 36.4 Å². The van der Waals surface area contributed by atoms with Crippen LogP contribution in [0.1, 0.15) is 22.5 Å². The Kier molecular flexibility index (Phi) is 5.94. The highest BCUT2D eigenvalue weighted by atomic mass is 35.5. The summed E-state index contributed by atoms with van der Waals surface area (Å²) in [5.74, 6) is 0.339. The van der Waals surface area contributed by atoms with Crippen LogP contribution in [-0.2, 0) is 6.61 Å². The zero-order valence-electron chi connectivity index (χ0n) is 16.4. The maximum absolute atomic E-state index is 13.8. The molecule has 1 aromatic heterocycles. The zero-order chi connectivity index (χ0) is 22.0. The summed E-state index contributed by atoms with van der Waals surface area (Å²) in [5, 5.41) is 10.2. The van der Waals surface area contributed by atoms with Crippen LogP contribution < -0.4 is 4.74 Å². The molecule has 0 amide bonds. The Morgan fingerprint density at radius 1 is 1.16 bits per heavy atom. The Labute approximate surface area is 188 Å². The summed E-state index contributed by atoms with van der Waals surface area (Å²) < 4.78 is 19.5. The van der Waals surface area contributed by atoms with Gasteiger partial charge in [0.05, 0.1) is 26.7 Å². The van der Waals surface area contributed by atoms with Crippen LogP contribution in [0.2, 0.25) is 10.0 Å². The lowest BCUT2D eigenvalue weighted by molar-refractivity contribution is 0.300. The van der Waals surface area contributed by atoms with Gasteiger partial charge < -0.3 is 9.72 Å². The Balaban J connectivity index is 1.62. The number of rotatable bonds is 5. The predicted molar refractivity (Wildman–Crippen MR) is 122 cm³/mol. The Morgan fingerprint density at radius 2 is 1.90 bits per heavy atom. The summed E-state index contributed by atoms with van der Waals surface area (Å²) in [6, 6.07) is 17.6. The molecule has 1 heterocycles. The predicted octanol–water partition coefficient (Wildman–Crippen LogP) is 6.96. The second-order valence-corrected chi connectivity index (χ2v) is 7.78. The third kappa shape index (κ3) is 4.56. The lowest BCUT2D eigenvalue weighted by Crippen LogP contribution is -1.99. The normalized spacial score (nSPS) is 11.5. The van der Waals surface area contributed by atoms with Gasteiger partial charge in [0.15, 0.2) is 5.75 Å². The molecule has 0 saturated heterocycles. The first kappa shape index (κ1) is 20.9. The number of imidazole rings is 1. The van der Waals surface area contributed by atoms with Gasteiger partial charge in [0.25, 0.3) is 0 Å². The van der Waals surface area contributed by atoms with Crippen LogP contribution in [-0.4, -0.2) is 9.97 Å². The number of ether oxygens (including phenoxy) is 1. The largest absolute Gasteiger partial charge is 0.486 e. The first-order valence-corrected chi connectivity index (χ1v) is 10.1. The van der Waals surface area contributed by atoms with Crippen molar-refractivity contribution in [2.45, 2.75) is 13.5 Å². The molecule has 0 radical (unpaired) electrons. The first-order valence-electron chi connectivity index (χ1n) is 9.38. The number of allylic oxidation sites excluding steroid dienone is 1. The van der Waals surface area contributed by atoms with Gasteiger partial charge in [-0.25, -0.2) is 9.37 Å². The first-order chi connectivity index (χ1) is 14.9. The zero-order valence-corrected chi connectivity index (χ0v) is 17.9. The third-order valence-corrected chi connectivity index (χ3v) is 5.24. The van der Waals surface area contributed by atoms with Crippen LogP contribution in [0, 0.1) is 24.1 Å². The fraction of sp³-hybridized carbons (Fsp3) is 0.0833. The number of aromatic nitrogens is 2. The summed E-state index contributed by atoms with van der Waals surface area (Å²) in [7, 11) is 0. The highest BCUT2D eigenvalue weighted by Gasteiger charge is 2.13. The molecule has 31 heavy (non-hydrogen) atoms. The molecule has 0 aliphatic carbocycles. The molecule has 3 aromatic carbocycles. The molecular formula is C24H16Cl2FN3O. The standard InChI is InChI=1S/C24H16Cl2FN3O/c1-14-6-7-21-22(8-14)30-24(29-21)17(12-28)9-15-10-18(25)23(19(26)11-15)31-13-16-4-2-3-5-20(16)27/h2-11H,13H2,1H3,(H,29,30)/b17-9-. The van der Waals surface area contributed by atoms with E-state index in [-0.39, 0.29) is 28.2 Å². The van der Waals surface area contributed by atoms with Gasteiger partial charge in [0.1, 0.15) is 24.3 Å². The topological polar surface area (TPSA) is 61.7 Å². The van der Waals surface area contributed by atoms with Crippen molar-refractivity contribution >= 4 is 45.9 Å². The minimum Gasteiger partial charge on any atom is -0.486 e. The van der Waals surface area contributed by atoms with Crippen molar-refractivity contribution in [3.8, 4) is 11.8 Å². The molecular weight excluding hydrogens is 436 g/mol. The van der Waals surface area contributed by atoms with Crippen molar-refractivity contribution < 1.29 is 9.13 Å². The van der Waals surface area contributed by atoms with E-state index in [1.807, 2.05) is 25.1 Å².